The van der Waals surface area contributed by atoms with E-state index < -0.39 is 0 Å². The summed E-state index contributed by atoms with van der Waals surface area (Å²) in [6.45, 7) is 9.22. The third-order valence-electron chi connectivity index (χ3n) is 2.09. The topological polar surface area (TPSA) is 29.5 Å². The van der Waals surface area contributed by atoms with Gasteiger partial charge in [0, 0.05) is 0 Å². The molecule has 0 unspecified atom stereocenters. The largest absolute Gasteiger partial charge is 0.459 e. The molecule has 1 heterocycles. The monoisotopic (exact) mass is 198 g/mol. The molecule has 1 rings (SSSR count). The van der Waals surface area contributed by atoms with Crippen LogP contribution in [0, 0.1) is 6.54 Å². The van der Waals surface area contributed by atoms with E-state index in [1.165, 1.54) is 19.3 Å². The van der Waals surface area contributed by atoms with E-state index in [0.29, 0.717) is 0 Å². The van der Waals surface area contributed by atoms with Gasteiger partial charge in [-0.3, -0.25) is 9.69 Å². The molecule has 14 heavy (non-hydrogen) atoms. The second kappa shape index (κ2) is 4.78. The summed E-state index contributed by atoms with van der Waals surface area (Å²) < 4.78 is 5.20. The first-order chi connectivity index (χ1) is 6.47. The van der Waals surface area contributed by atoms with Crippen LogP contribution in [-0.4, -0.2) is 29.6 Å². The molecule has 0 amide bonds. The van der Waals surface area contributed by atoms with Gasteiger partial charge >= 0.3 is 5.97 Å². The summed E-state index contributed by atoms with van der Waals surface area (Å²) in [5.41, 5.74) is -0.386. The van der Waals surface area contributed by atoms with Crippen molar-refractivity contribution in [3.05, 3.63) is 6.54 Å². The Kier molecular flexibility index (Phi) is 3.93. The molecule has 3 heteroatoms. The molecule has 0 atom stereocenters. The van der Waals surface area contributed by atoms with Crippen LogP contribution in [0.1, 0.15) is 40.0 Å². The summed E-state index contributed by atoms with van der Waals surface area (Å²) in [4.78, 5) is 13.5. The van der Waals surface area contributed by atoms with Crippen molar-refractivity contribution >= 4 is 5.97 Å². The van der Waals surface area contributed by atoms with Gasteiger partial charge in [0.05, 0.1) is 0 Å². The van der Waals surface area contributed by atoms with Crippen molar-refractivity contribution in [2.75, 3.05) is 13.1 Å². The Hall–Kier alpha value is -0.570. The van der Waals surface area contributed by atoms with E-state index in [4.69, 9.17) is 4.74 Å². The first-order valence-electron chi connectivity index (χ1n) is 5.29. The molecular weight excluding hydrogens is 178 g/mol. The fraction of sp³-hybridized carbons (Fsp3) is 0.818. The maximum absolute atomic E-state index is 11.4. The Morgan fingerprint density at radius 2 is 1.79 bits per heavy atom. The molecule has 1 aliphatic heterocycles. The van der Waals surface area contributed by atoms with Crippen LogP contribution in [-0.2, 0) is 9.53 Å². The van der Waals surface area contributed by atoms with Crippen LogP contribution >= 0.6 is 0 Å². The lowest BCUT2D eigenvalue weighted by molar-refractivity contribution is -0.152. The molecule has 0 aromatic carbocycles. The molecule has 0 spiro atoms. The summed E-state index contributed by atoms with van der Waals surface area (Å²) in [7, 11) is 0. The molecule has 0 N–H and O–H groups in total. The highest BCUT2D eigenvalue weighted by Gasteiger charge is 2.20. The number of esters is 1. The summed E-state index contributed by atoms with van der Waals surface area (Å²) in [5.74, 6) is -0.223. The van der Waals surface area contributed by atoms with Gasteiger partial charge in [0.1, 0.15) is 12.1 Å². The number of carbonyl (C=O) groups is 1. The van der Waals surface area contributed by atoms with Gasteiger partial charge in [-0.15, -0.1) is 0 Å². The maximum Gasteiger partial charge on any atom is 0.326 e. The van der Waals surface area contributed by atoms with Crippen LogP contribution in [0.5, 0.6) is 0 Å². The maximum atomic E-state index is 11.4. The van der Waals surface area contributed by atoms with Gasteiger partial charge in [0.25, 0.3) is 0 Å². The normalized spacial score (nSPS) is 19.4. The molecule has 1 fully saturated rings. The second-order valence-electron chi connectivity index (χ2n) is 4.76. The highest BCUT2D eigenvalue weighted by molar-refractivity contribution is 5.78. The van der Waals surface area contributed by atoms with E-state index in [0.717, 1.165) is 13.1 Å². The lowest BCUT2D eigenvalue weighted by Crippen LogP contribution is -2.33. The minimum Gasteiger partial charge on any atom is -0.459 e. The van der Waals surface area contributed by atoms with Crippen molar-refractivity contribution < 1.29 is 9.53 Å². The fourth-order valence-corrected chi connectivity index (χ4v) is 1.52. The highest BCUT2D eigenvalue weighted by Crippen LogP contribution is 2.13. The summed E-state index contributed by atoms with van der Waals surface area (Å²) in [6.07, 6.45) is 3.64. The van der Waals surface area contributed by atoms with Crippen LogP contribution in [0.3, 0.4) is 0 Å². The van der Waals surface area contributed by atoms with Crippen LogP contribution in [0.25, 0.3) is 0 Å². The third-order valence-corrected chi connectivity index (χ3v) is 2.09. The number of hydrogen-bond acceptors (Lipinski definition) is 3. The van der Waals surface area contributed by atoms with Gasteiger partial charge in [0.15, 0.2) is 0 Å². The van der Waals surface area contributed by atoms with Crippen molar-refractivity contribution in [1.29, 1.82) is 0 Å². The predicted molar refractivity (Wildman–Crippen MR) is 55.6 cm³/mol. The molecule has 0 aromatic rings. The van der Waals surface area contributed by atoms with Crippen molar-refractivity contribution in [1.82, 2.24) is 4.90 Å². The third kappa shape index (κ3) is 4.61. The number of piperidine rings is 1. The van der Waals surface area contributed by atoms with E-state index in [2.05, 4.69) is 4.90 Å². The van der Waals surface area contributed by atoms with Crippen molar-refractivity contribution in [2.45, 2.75) is 45.6 Å². The first-order valence-corrected chi connectivity index (χ1v) is 5.29. The van der Waals surface area contributed by atoms with Gasteiger partial charge in [-0.05, 0) is 46.7 Å². The molecule has 3 nitrogen and oxygen atoms in total. The quantitative estimate of drug-likeness (QED) is 0.635. The molecule has 0 aliphatic carbocycles. The van der Waals surface area contributed by atoms with E-state index in [-0.39, 0.29) is 11.6 Å². The van der Waals surface area contributed by atoms with E-state index in [9.17, 15) is 4.79 Å². The lowest BCUT2D eigenvalue weighted by Gasteiger charge is -2.26. The van der Waals surface area contributed by atoms with Crippen molar-refractivity contribution in [3.8, 4) is 0 Å². The molecular formula is C11H20NO2. The molecule has 1 aliphatic rings. The molecule has 1 saturated heterocycles. The summed E-state index contributed by atoms with van der Waals surface area (Å²) >= 11 is 0. The van der Waals surface area contributed by atoms with Gasteiger partial charge < -0.3 is 4.74 Å². The lowest BCUT2D eigenvalue weighted by atomic mass is 10.1. The highest BCUT2D eigenvalue weighted by atomic mass is 16.6. The van der Waals surface area contributed by atoms with Crippen LogP contribution in [0.2, 0.25) is 0 Å². The van der Waals surface area contributed by atoms with Gasteiger partial charge in [-0.2, -0.15) is 0 Å². The Balaban J connectivity index is 2.25. The van der Waals surface area contributed by atoms with Crippen LogP contribution in [0.15, 0.2) is 0 Å². The molecule has 0 bridgehead atoms. The SMILES string of the molecule is CC(C)(C)OC(=O)[CH]N1CCCCC1. The molecule has 1 radical (unpaired) electrons. The second-order valence-corrected chi connectivity index (χ2v) is 4.76. The number of nitrogens with zero attached hydrogens (tertiary/aromatic N) is 1. The smallest absolute Gasteiger partial charge is 0.326 e. The Bertz CT molecular complexity index is 190. The van der Waals surface area contributed by atoms with E-state index in [1.54, 1.807) is 6.54 Å². The zero-order valence-electron chi connectivity index (χ0n) is 9.38. The molecule has 0 aromatic heterocycles. The van der Waals surface area contributed by atoms with Crippen LogP contribution in [0.4, 0.5) is 0 Å². The Morgan fingerprint density at radius 3 is 2.29 bits per heavy atom. The molecule has 81 valence electrons. The van der Waals surface area contributed by atoms with Crippen molar-refractivity contribution in [2.24, 2.45) is 0 Å². The van der Waals surface area contributed by atoms with E-state index >= 15 is 0 Å². The Labute approximate surface area is 86.4 Å². The molecule has 0 saturated carbocycles. The van der Waals surface area contributed by atoms with Crippen molar-refractivity contribution in [3.63, 3.8) is 0 Å². The number of likely N-dealkylation sites (tertiary alicyclic amines) is 1. The number of rotatable bonds is 2. The number of carbonyl (C=O) groups excluding carboxylic acids is 1. The predicted octanol–water partition coefficient (Wildman–Crippen LogP) is 1.98. The van der Waals surface area contributed by atoms with Gasteiger partial charge in [-0.1, -0.05) is 6.42 Å². The standard InChI is InChI=1S/C11H20NO2/c1-11(2,3)14-10(13)9-12-7-5-4-6-8-12/h9H,4-8H2,1-3H3. The fourth-order valence-electron chi connectivity index (χ4n) is 1.52. The number of ether oxygens (including phenoxy) is 1. The first kappa shape index (κ1) is 11.5. The minimum atomic E-state index is -0.386. The van der Waals surface area contributed by atoms with Gasteiger partial charge in [-0.25, -0.2) is 0 Å². The zero-order chi connectivity index (χ0) is 10.6. The van der Waals surface area contributed by atoms with Crippen LogP contribution < -0.4 is 0 Å². The Morgan fingerprint density at radius 1 is 1.21 bits per heavy atom. The average molecular weight is 198 g/mol. The van der Waals surface area contributed by atoms with Gasteiger partial charge in [0.2, 0.25) is 0 Å². The summed E-state index contributed by atoms with van der Waals surface area (Å²) in [6, 6.07) is 0. The summed E-state index contributed by atoms with van der Waals surface area (Å²) in [5, 5.41) is 0. The average Bonchev–Trinajstić information content (AvgIpc) is 2.02. The zero-order valence-corrected chi connectivity index (χ0v) is 9.38. The minimum absolute atomic E-state index is 0.223. The number of hydrogen-bond donors (Lipinski definition) is 0. The van der Waals surface area contributed by atoms with E-state index in [1.807, 2.05) is 20.8 Å².